The van der Waals surface area contributed by atoms with Crippen molar-refractivity contribution in [2.75, 3.05) is 12.4 Å². The highest BCUT2D eigenvalue weighted by Gasteiger charge is 2.37. The fourth-order valence-corrected chi connectivity index (χ4v) is 5.51. The van der Waals surface area contributed by atoms with E-state index >= 15 is 0 Å². The van der Waals surface area contributed by atoms with Gasteiger partial charge in [-0.3, -0.25) is 0 Å². The molecule has 150 valence electrons. The number of aryl methyl sites for hydroxylation is 1. The number of hydrogen-bond acceptors (Lipinski definition) is 5. The standard InChI is InChI=1S/C21H20ClN3O3S/c1-13-11-19-23-14(2)21(29(26,27)18-9-7-17(28-3)8-10-18)20(25(19)24-13)15-5-4-6-16(22)12-15/h4-12,20,23H,1-3H3. The van der Waals surface area contributed by atoms with Gasteiger partial charge in [0.1, 0.15) is 17.6 Å². The van der Waals surface area contributed by atoms with Crippen molar-refractivity contribution in [3.05, 3.63) is 81.5 Å². The SMILES string of the molecule is COc1ccc(S(=O)(=O)C2=C(C)Nc3cc(C)nn3C2c2cccc(Cl)c2)cc1. The number of nitrogens with one attached hydrogen (secondary N) is 1. The van der Waals surface area contributed by atoms with Crippen LogP contribution < -0.4 is 10.1 Å². The van der Waals surface area contributed by atoms with Crippen LogP contribution in [0.25, 0.3) is 0 Å². The maximum Gasteiger partial charge on any atom is 0.206 e. The second-order valence-electron chi connectivity index (χ2n) is 6.87. The third kappa shape index (κ3) is 3.41. The average molecular weight is 430 g/mol. The molecule has 8 heteroatoms. The molecule has 0 fully saturated rings. The zero-order valence-corrected chi connectivity index (χ0v) is 17.8. The third-order valence-electron chi connectivity index (χ3n) is 4.86. The molecule has 0 saturated heterocycles. The van der Waals surface area contributed by atoms with Gasteiger partial charge in [0.2, 0.25) is 9.84 Å². The van der Waals surface area contributed by atoms with E-state index in [4.69, 9.17) is 16.3 Å². The molecule has 2 aromatic carbocycles. The molecule has 1 atom stereocenters. The highest BCUT2D eigenvalue weighted by atomic mass is 35.5. The molecular weight excluding hydrogens is 410 g/mol. The Balaban J connectivity index is 1.93. The maximum atomic E-state index is 13.7. The summed E-state index contributed by atoms with van der Waals surface area (Å²) >= 11 is 6.22. The first-order valence-corrected chi connectivity index (χ1v) is 10.9. The van der Waals surface area contributed by atoms with Crippen LogP contribution in [0.2, 0.25) is 5.02 Å². The summed E-state index contributed by atoms with van der Waals surface area (Å²) in [5.41, 5.74) is 2.09. The van der Waals surface area contributed by atoms with Crippen LogP contribution in [0.1, 0.15) is 24.2 Å². The van der Waals surface area contributed by atoms with Gasteiger partial charge in [-0.2, -0.15) is 5.10 Å². The number of fused-ring (bicyclic) bond motifs is 1. The van der Waals surface area contributed by atoms with E-state index in [0.717, 1.165) is 17.1 Å². The summed E-state index contributed by atoms with van der Waals surface area (Å²) < 4.78 is 34.2. The maximum absolute atomic E-state index is 13.7. The molecule has 1 aliphatic rings. The van der Waals surface area contributed by atoms with E-state index in [1.54, 1.807) is 48.0 Å². The minimum absolute atomic E-state index is 0.189. The first kappa shape index (κ1) is 19.5. The lowest BCUT2D eigenvalue weighted by atomic mass is 10.0. The number of halogens is 1. The molecule has 0 saturated carbocycles. The molecule has 2 heterocycles. The smallest absolute Gasteiger partial charge is 0.206 e. The predicted molar refractivity (Wildman–Crippen MR) is 113 cm³/mol. The average Bonchev–Trinajstić information content (AvgIpc) is 3.06. The van der Waals surface area contributed by atoms with Crippen LogP contribution in [0.3, 0.4) is 0 Å². The highest BCUT2D eigenvalue weighted by molar-refractivity contribution is 7.95. The van der Waals surface area contributed by atoms with Crippen LogP contribution in [0.5, 0.6) is 5.75 Å². The van der Waals surface area contributed by atoms with E-state index < -0.39 is 15.9 Å². The second-order valence-corrected chi connectivity index (χ2v) is 9.22. The van der Waals surface area contributed by atoms with Crippen molar-refractivity contribution in [3.8, 4) is 5.75 Å². The Morgan fingerprint density at radius 2 is 1.83 bits per heavy atom. The molecule has 29 heavy (non-hydrogen) atoms. The van der Waals surface area contributed by atoms with Gasteiger partial charge >= 0.3 is 0 Å². The van der Waals surface area contributed by atoms with Crippen molar-refractivity contribution in [3.63, 3.8) is 0 Å². The number of anilines is 1. The summed E-state index contributed by atoms with van der Waals surface area (Å²) in [6.07, 6.45) is 0. The number of ether oxygens (including phenoxy) is 1. The minimum Gasteiger partial charge on any atom is -0.497 e. The summed E-state index contributed by atoms with van der Waals surface area (Å²) in [7, 11) is -2.28. The lowest BCUT2D eigenvalue weighted by Crippen LogP contribution is -2.28. The topological polar surface area (TPSA) is 73.2 Å². The van der Waals surface area contributed by atoms with Crippen molar-refractivity contribution >= 4 is 27.3 Å². The summed E-state index contributed by atoms with van der Waals surface area (Å²) in [5.74, 6) is 1.33. The number of allylic oxidation sites excluding steroid dienone is 2. The Morgan fingerprint density at radius 3 is 2.48 bits per heavy atom. The Kier molecular flexibility index (Phi) is 4.88. The molecule has 0 spiro atoms. The minimum atomic E-state index is -3.82. The number of hydrogen-bond donors (Lipinski definition) is 1. The van der Waals surface area contributed by atoms with Gasteiger partial charge in [0.05, 0.1) is 22.6 Å². The second kappa shape index (κ2) is 7.24. The first-order valence-electron chi connectivity index (χ1n) is 9.00. The van der Waals surface area contributed by atoms with Gasteiger partial charge in [0, 0.05) is 16.8 Å². The van der Waals surface area contributed by atoms with Crippen LogP contribution in [0.15, 0.2) is 70.1 Å². The molecule has 0 bridgehead atoms. The quantitative estimate of drug-likeness (QED) is 0.657. The predicted octanol–water partition coefficient (Wildman–Crippen LogP) is 4.57. The van der Waals surface area contributed by atoms with Crippen LogP contribution >= 0.6 is 11.6 Å². The first-order chi connectivity index (χ1) is 13.8. The van der Waals surface area contributed by atoms with Crippen molar-refractivity contribution in [2.45, 2.75) is 24.8 Å². The third-order valence-corrected chi connectivity index (χ3v) is 7.10. The molecule has 1 aliphatic heterocycles. The van der Waals surface area contributed by atoms with E-state index in [2.05, 4.69) is 10.4 Å². The van der Waals surface area contributed by atoms with Gasteiger partial charge in [-0.25, -0.2) is 13.1 Å². The summed E-state index contributed by atoms with van der Waals surface area (Å²) in [6.45, 7) is 3.63. The molecule has 0 radical (unpaired) electrons. The largest absolute Gasteiger partial charge is 0.497 e. The Bertz CT molecular complexity index is 1210. The number of rotatable bonds is 4. The Labute approximate surface area is 174 Å². The monoisotopic (exact) mass is 429 g/mol. The zero-order chi connectivity index (χ0) is 20.8. The number of benzene rings is 2. The van der Waals surface area contributed by atoms with E-state index in [1.807, 2.05) is 25.1 Å². The van der Waals surface area contributed by atoms with Crippen molar-refractivity contribution in [1.29, 1.82) is 0 Å². The van der Waals surface area contributed by atoms with E-state index in [1.165, 1.54) is 7.11 Å². The molecule has 6 nitrogen and oxygen atoms in total. The van der Waals surface area contributed by atoms with Gasteiger partial charge in [-0.15, -0.1) is 0 Å². The van der Waals surface area contributed by atoms with E-state index in [9.17, 15) is 8.42 Å². The summed E-state index contributed by atoms with van der Waals surface area (Å²) in [5, 5.41) is 8.27. The molecule has 1 unspecified atom stereocenters. The molecule has 0 aliphatic carbocycles. The molecule has 0 amide bonds. The summed E-state index contributed by atoms with van der Waals surface area (Å²) in [4.78, 5) is 0.425. The fraction of sp³-hybridized carbons (Fsp3) is 0.190. The zero-order valence-electron chi connectivity index (χ0n) is 16.2. The number of sulfone groups is 1. The highest BCUT2D eigenvalue weighted by Crippen LogP contribution is 2.41. The van der Waals surface area contributed by atoms with Crippen LogP contribution in [0.4, 0.5) is 5.82 Å². The van der Waals surface area contributed by atoms with Crippen molar-refractivity contribution in [1.82, 2.24) is 9.78 Å². The van der Waals surface area contributed by atoms with Crippen molar-refractivity contribution < 1.29 is 13.2 Å². The van der Waals surface area contributed by atoms with Crippen LogP contribution in [-0.4, -0.2) is 25.3 Å². The van der Waals surface area contributed by atoms with Crippen LogP contribution in [-0.2, 0) is 9.84 Å². The normalized spacial score (nSPS) is 16.3. The van der Waals surface area contributed by atoms with Gasteiger partial charge in [-0.05, 0) is 55.8 Å². The number of methoxy groups -OCH3 is 1. The van der Waals surface area contributed by atoms with Crippen LogP contribution in [0, 0.1) is 6.92 Å². The van der Waals surface area contributed by atoms with Crippen molar-refractivity contribution in [2.24, 2.45) is 0 Å². The number of aromatic nitrogens is 2. The molecule has 1 N–H and O–H groups in total. The lowest BCUT2D eigenvalue weighted by molar-refractivity contribution is 0.414. The van der Waals surface area contributed by atoms with E-state index in [-0.39, 0.29) is 9.80 Å². The van der Waals surface area contributed by atoms with Gasteiger partial charge in [0.25, 0.3) is 0 Å². The molecule has 3 aromatic rings. The summed E-state index contributed by atoms with van der Waals surface area (Å²) in [6, 6.07) is 14.8. The van der Waals surface area contributed by atoms with E-state index in [0.29, 0.717) is 16.5 Å². The van der Waals surface area contributed by atoms with Gasteiger partial charge < -0.3 is 10.1 Å². The molecule has 4 rings (SSSR count). The fourth-order valence-electron chi connectivity index (χ4n) is 3.58. The van der Waals surface area contributed by atoms with Gasteiger partial charge in [-0.1, -0.05) is 23.7 Å². The number of nitrogens with zero attached hydrogens (tertiary/aromatic N) is 2. The lowest BCUT2D eigenvalue weighted by Gasteiger charge is -2.30. The Morgan fingerprint density at radius 1 is 1.10 bits per heavy atom. The Hall–Kier alpha value is -2.77. The molecule has 1 aromatic heterocycles. The molecular formula is C21H20ClN3O3S. The van der Waals surface area contributed by atoms with Gasteiger partial charge in [0.15, 0.2) is 0 Å².